The molecule has 30 heteroatoms. The van der Waals surface area contributed by atoms with Crippen molar-refractivity contribution in [2.45, 2.75) is 37.1 Å². The summed E-state index contributed by atoms with van der Waals surface area (Å²) in [6, 6.07) is 15.9. The summed E-state index contributed by atoms with van der Waals surface area (Å²) in [5.74, 6) is 0. The molecule has 0 aliphatic heterocycles. The van der Waals surface area contributed by atoms with Crippen LogP contribution in [0.2, 0.25) is 0 Å². The van der Waals surface area contributed by atoms with Gasteiger partial charge in [-0.05, 0) is 109 Å². The summed E-state index contributed by atoms with van der Waals surface area (Å²) in [5, 5.41) is 0. The third-order valence-electron chi connectivity index (χ3n) is 13.3. The molecule has 0 spiro atoms. The molecule has 14 aromatic rings. The Morgan fingerprint density at radius 1 is 0.155 bits per heavy atom. The standard InChI is InChI=1S/2C27H9F9N6/c28-25(29,30)10-1-4-13-16(7-10)40-22-19(37-13)23-21(39-14-5-2-11(26(31,32)33)8-17(14)41-23)24-20(22)38-15-6-3-12(27(34,35)36)9-18(15)42-24;28-25(29,30)10-1-4-13-16(7-10)40-22-19(37-13)20-23(41-17-8-11(26(31,32)33)2-5-14(17)38-20)24-21(22)39-15-6-3-12(27(34,35)36)9-18(15)42-24/h2*1-9H. The predicted molar refractivity (Wildman–Crippen MR) is 267 cm³/mol. The maximum absolute atomic E-state index is 13.4. The van der Waals surface area contributed by atoms with Crippen LogP contribution in [0, 0.1) is 0 Å². The molecule has 84 heavy (non-hydrogen) atoms. The molecule has 0 saturated heterocycles. The lowest BCUT2D eigenvalue weighted by Gasteiger charge is -2.12. The van der Waals surface area contributed by atoms with E-state index in [1.807, 2.05) is 0 Å². The third-order valence-corrected chi connectivity index (χ3v) is 13.3. The number of hydrogen-bond donors (Lipinski definition) is 0. The van der Waals surface area contributed by atoms with Gasteiger partial charge in [0, 0.05) is 0 Å². The van der Waals surface area contributed by atoms with Crippen LogP contribution in [-0.2, 0) is 37.1 Å². The van der Waals surface area contributed by atoms with Crippen molar-refractivity contribution in [2.75, 3.05) is 0 Å². The van der Waals surface area contributed by atoms with Crippen LogP contribution in [0.3, 0.4) is 0 Å². The van der Waals surface area contributed by atoms with Crippen LogP contribution in [0.5, 0.6) is 0 Å². The van der Waals surface area contributed by atoms with Crippen molar-refractivity contribution in [3.8, 4) is 0 Å². The molecular weight excluding hydrogens is 1160 g/mol. The van der Waals surface area contributed by atoms with Crippen molar-refractivity contribution >= 4 is 132 Å². The Balaban J connectivity index is 0.000000157. The smallest absolute Gasteiger partial charge is 0.242 e. The molecule has 420 valence electrons. The van der Waals surface area contributed by atoms with Crippen molar-refractivity contribution in [1.82, 2.24) is 59.8 Å². The number of halogens is 18. The lowest BCUT2D eigenvalue weighted by Crippen LogP contribution is -2.06. The van der Waals surface area contributed by atoms with Gasteiger partial charge in [-0.25, -0.2) is 59.8 Å². The SMILES string of the molecule is FC(F)(F)c1ccc2nc3c4nc5cc(C(F)(F)F)ccc5nc4c4nc5cc(C(F)(F)F)ccc5nc4c3nc2c1.FC(F)(F)c1ccc2nc3c4nc5ccc(C(F)(F)F)cc5nc4c4nc5cc(C(F)(F)F)ccc5nc4c3nc2c1. The van der Waals surface area contributed by atoms with E-state index < -0.39 is 70.4 Å². The summed E-state index contributed by atoms with van der Waals surface area (Å²) in [6.45, 7) is 0. The van der Waals surface area contributed by atoms with Gasteiger partial charge >= 0.3 is 37.1 Å². The Morgan fingerprint density at radius 2 is 0.262 bits per heavy atom. The van der Waals surface area contributed by atoms with Gasteiger partial charge in [-0.2, -0.15) is 79.0 Å². The molecule has 12 nitrogen and oxygen atoms in total. The lowest BCUT2D eigenvalue weighted by atomic mass is 10.1. The summed E-state index contributed by atoms with van der Waals surface area (Å²) in [7, 11) is 0. The first-order valence-electron chi connectivity index (χ1n) is 23.7. The number of fused-ring (bicyclic) bond motifs is 18. The molecule has 0 bridgehead atoms. The molecule has 6 heterocycles. The second kappa shape index (κ2) is 17.8. The molecule has 14 rings (SSSR count). The molecule has 0 aliphatic rings. The largest absolute Gasteiger partial charge is 0.416 e. The average Bonchev–Trinajstić information content (AvgIpc) is 0.939. The minimum atomic E-state index is -4.71. The Morgan fingerprint density at radius 3 is 0.369 bits per heavy atom. The summed E-state index contributed by atoms with van der Waals surface area (Å²) in [5.41, 5.74) is -7.94. The molecule has 0 unspecified atom stereocenters. The summed E-state index contributed by atoms with van der Waals surface area (Å²) < 4.78 is 241. The molecule has 0 amide bonds. The number of alkyl halides is 18. The first-order chi connectivity index (χ1) is 39.3. The highest BCUT2D eigenvalue weighted by atomic mass is 19.4. The van der Waals surface area contributed by atoms with E-state index in [9.17, 15) is 79.0 Å². The van der Waals surface area contributed by atoms with Crippen molar-refractivity contribution < 1.29 is 79.0 Å². The minimum absolute atomic E-state index is 0.00445. The van der Waals surface area contributed by atoms with Crippen molar-refractivity contribution in [1.29, 1.82) is 0 Å². The van der Waals surface area contributed by atoms with E-state index in [0.29, 0.717) is 0 Å². The summed E-state index contributed by atoms with van der Waals surface area (Å²) in [6.07, 6.45) is -28.2. The van der Waals surface area contributed by atoms with E-state index in [1.54, 1.807) is 0 Å². The molecule has 6 aromatic heterocycles. The highest BCUT2D eigenvalue weighted by Crippen LogP contribution is 2.41. The third kappa shape index (κ3) is 9.10. The second-order valence-corrected chi connectivity index (χ2v) is 18.7. The topological polar surface area (TPSA) is 155 Å². The predicted octanol–water partition coefficient (Wildman–Crippen LogP) is 16.1. The zero-order chi connectivity index (χ0) is 59.5. The quantitative estimate of drug-likeness (QED) is 0.0806. The number of rotatable bonds is 0. The fourth-order valence-corrected chi connectivity index (χ4v) is 9.37. The van der Waals surface area contributed by atoms with Gasteiger partial charge in [0.2, 0.25) is 0 Å². The van der Waals surface area contributed by atoms with Gasteiger partial charge < -0.3 is 0 Å². The number of hydrogen-bond acceptors (Lipinski definition) is 12. The van der Waals surface area contributed by atoms with E-state index in [-0.39, 0.29) is 132 Å². The number of aromatic nitrogens is 12. The van der Waals surface area contributed by atoms with Crippen LogP contribution in [0.25, 0.3) is 132 Å². The van der Waals surface area contributed by atoms with Gasteiger partial charge in [0.15, 0.2) is 0 Å². The first-order valence-corrected chi connectivity index (χ1v) is 23.7. The van der Waals surface area contributed by atoms with Crippen LogP contribution in [0.4, 0.5) is 79.0 Å². The molecule has 0 saturated carbocycles. The zero-order valence-electron chi connectivity index (χ0n) is 40.6. The Labute approximate surface area is 449 Å². The Bertz CT molecular complexity index is 4910. The zero-order valence-corrected chi connectivity index (χ0v) is 40.6. The first kappa shape index (κ1) is 53.4. The van der Waals surface area contributed by atoms with Crippen LogP contribution >= 0.6 is 0 Å². The van der Waals surface area contributed by atoms with Gasteiger partial charge in [-0.1, -0.05) is 0 Å². The molecule has 8 aromatic carbocycles. The fourth-order valence-electron chi connectivity index (χ4n) is 9.37. The number of benzene rings is 8. The van der Waals surface area contributed by atoms with E-state index in [4.69, 9.17) is 0 Å². The molecule has 0 radical (unpaired) electrons. The maximum atomic E-state index is 13.4. The average molecular weight is 1180 g/mol. The van der Waals surface area contributed by atoms with Gasteiger partial charge in [0.05, 0.1) is 99.6 Å². The molecule has 0 N–H and O–H groups in total. The van der Waals surface area contributed by atoms with E-state index in [0.717, 1.165) is 109 Å². The van der Waals surface area contributed by atoms with Crippen LogP contribution in [0.15, 0.2) is 109 Å². The van der Waals surface area contributed by atoms with Gasteiger partial charge in [-0.3, -0.25) is 0 Å². The van der Waals surface area contributed by atoms with E-state index in [2.05, 4.69) is 59.8 Å². The summed E-state index contributed by atoms with van der Waals surface area (Å²) in [4.78, 5) is 52.5. The summed E-state index contributed by atoms with van der Waals surface area (Å²) >= 11 is 0. The molecule has 0 atom stereocenters. The second-order valence-electron chi connectivity index (χ2n) is 18.7. The van der Waals surface area contributed by atoms with Crippen molar-refractivity contribution in [3.05, 3.63) is 143 Å². The van der Waals surface area contributed by atoms with Gasteiger partial charge in [-0.15, -0.1) is 0 Å². The molecule has 0 fully saturated rings. The highest BCUT2D eigenvalue weighted by Gasteiger charge is 2.36. The minimum Gasteiger partial charge on any atom is -0.242 e. The number of nitrogens with zero attached hydrogens (tertiary/aromatic N) is 12. The van der Waals surface area contributed by atoms with E-state index in [1.165, 1.54) is 0 Å². The monoisotopic (exact) mass is 1180 g/mol. The lowest BCUT2D eigenvalue weighted by molar-refractivity contribution is -0.138. The highest BCUT2D eigenvalue weighted by molar-refractivity contribution is 6.22. The van der Waals surface area contributed by atoms with Crippen LogP contribution in [0.1, 0.15) is 33.4 Å². The van der Waals surface area contributed by atoms with E-state index >= 15 is 0 Å². The van der Waals surface area contributed by atoms with Crippen LogP contribution in [-0.4, -0.2) is 59.8 Å². The van der Waals surface area contributed by atoms with Crippen LogP contribution < -0.4 is 0 Å². The fraction of sp³-hybridized carbons (Fsp3) is 0.111. The Kier molecular flexibility index (Phi) is 11.3. The maximum Gasteiger partial charge on any atom is 0.416 e. The normalized spacial score (nSPS) is 13.4. The molecule has 0 aliphatic carbocycles. The van der Waals surface area contributed by atoms with Crippen molar-refractivity contribution in [2.24, 2.45) is 0 Å². The van der Waals surface area contributed by atoms with Crippen molar-refractivity contribution in [3.63, 3.8) is 0 Å². The van der Waals surface area contributed by atoms with Gasteiger partial charge in [0.25, 0.3) is 0 Å². The van der Waals surface area contributed by atoms with Gasteiger partial charge in [0.1, 0.15) is 66.2 Å². The Hall–Kier alpha value is -9.90. The molecular formula is C54H18F18N12.